The minimum atomic E-state index is -0.464. The van der Waals surface area contributed by atoms with Gasteiger partial charge in [-0.3, -0.25) is 0 Å². The van der Waals surface area contributed by atoms with Crippen molar-refractivity contribution < 1.29 is 9.53 Å². The van der Waals surface area contributed by atoms with Crippen LogP contribution in [0.1, 0.15) is 44.2 Å². The van der Waals surface area contributed by atoms with Gasteiger partial charge in [0.15, 0.2) is 0 Å². The van der Waals surface area contributed by atoms with Gasteiger partial charge in [-0.15, -0.1) is 0 Å². The molecule has 0 aliphatic carbocycles. The number of carbonyl (C=O) groups excluding carboxylic acids is 1. The lowest BCUT2D eigenvalue weighted by molar-refractivity contribution is 0.0186. The average molecular weight is 290 g/mol. The summed E-state index contributed by atoms with van der Waals surface area (Å²) >= 11 is 0. The van der Waals surface area contributed by atoms with Crippen molar-refractivity contribution in [2.24, 2.45) is 5.73 Å². The second-order valence-corrected chi connectivity index (χ2v) is 6.84. The van der Waals surface area contributed by atoms with Gasteiger partial charge in [0, 0.05) is 25.0 Å². The zero-order valence-electron chi connectivity index (χ0n) is 13.4. The lowest BCUT2D eigenvalue weighted by atomic mass is 9.84. The molecule has 1 aliphatic heterocycles. The van der Waals surface area contributed by atoms with E-state index < -0.39 is 5.60 Å². The van der Waals surface area contributed by atoms with E-state index in [1.54, 1.807) is 4.90 Å². The third-order valence-electron chi connectivity index (χ3n) is 3.90. The van der Waals surface area contributed by atoms with Crippen molar-refractivity contribution in [2.45, 2.75) is 51.7 Å². The van der Waals surface area contributed by atoms with Crippen molar-refractivity contribution in [3.8, 4) is 0 Å². The fraction of sp³-hybridized carbons (Fsp3) is 0.588. The van der Waals surface area contributed by atoms with Gasteiger partial charge in [0.25, 0.3) is 0 Å². The number of amides is 1. The van der Waals surface area contributed by atoms with Crippen LogP contribution in [-0.2, 0) is 4.74 Å². The van der Waals surface area contributed by atoms with E-state index in [1.807, 2.05) is 26.8 Å². The van der Waals surface area contributed by atoms with Crippen molar-refractivity contribution in [3.05, 3.63) is 35.4 Å². The summed E-state index contributed by atoms with van der Waals surface area (Å²) in [5.41, 5.74) is 8.43. The van der Waals surface area contributed by atoms with E-state index in [1.165, 1.54) is 11.1 Å². The van der Waals surface area contributed by atoms with Gasteiger partial charge in [-0.05, 0) is 45.2 Å². The maximum absolute atomic E-state index is 12.1. The molecule has 4 heteroatoms. The highest BCUT2D eigenvalue weighted by Crippen LogP contribution is 2.30. The Morgan fingerprint density at radius 2 is 2.00 bits per heavy atom. The number of nitrogens with two attached hydrogens (primary N) is 1. The molecule has 0 aromatic heterocycles. The third-order valence-corrected chi connectivity index (χ3v) is 3.90. The first-order chi connectivity index (χ1) is 9.78. The number of likely N-dealkylation sites (tertiary alicyclic amines) is 1. The van der Waals surface area contributed by atoms with Crippen LogP contribution in [0.4, 0.5) is 4.79 Å². The van der Waals surface area contributed by atoms with Gasteiger partial charge in [0.2, 0.25) is 0 Å². The molecule has 2 N–H and O–H groups in total. The normalized spacial score (nSPS) is 23.0. The van der Waals surface area contributed by atoms with Gasteiger partial charge in [0.05, 0.1) is 0 Å². The molecule has 0 saturated carbocycles. The highest BCUT2D eigenvalue weighted by Gasteiger charge is 2.32. The zero-order valence-corrected chi connectivity index (χ0v) is 13.4. The van der Waals surface area contributed by atoms with Crippen molar-refractivity contribution in [3.63, 3.8) is 0 Å². The standard InChI is InChI=1S/C17H26N2O2/c1-12-7-5-6-8-13(12)14-9-10-19(11-15(14)18)16(20)21-17(2,3)4/h5-8,14-15H,9-11,18H2,1-4H3/t14-,15-/m1/s1. The summed E-state index contributed by atoms with van der Waals surface area (Å²) in [5, 5.41) is 0. The Kier molecular flexibility index (Phi) is 4.57. The van der Waals surface area contributed by atoms with E-state index in [4.69, 9.17) is 10.5 Å². The predicted molar refractivity (Wildman–Crippen MR) is 84.3 cm³/mol. The first-order valence-electron chi connectivity index (χ1n) is 7.57. The van der Waals surface area contributed by atoms with Crippen molar-refractivity contribution in [1.82, 2.24) is 4.90 Å². The lowest BCUT2D eigenvalue weighted by Crippen LogP contribution is -2.50. The van der Waals surface area contributed by atoms with Gasteiger partial charge in [-0.2, -0.15) is 0 Å². The highest BCUT2D eigenvalue weighted by atomic mass is 16.6. The van der Waals surface area contributed by atoms with Gasteiger partial charge < -0.3 is 15.4 Å². The summed E-state index contributed by atoms with van der Waals surface area (Å²) in [6.45, 7) is 9.00. The molecule has 0 bridgehead atoms. The van der Waals surface area contributed by atoms with Gasteiger partial charge in [-0.25, -0.2) is 4.79 Å². The predicted octanol–water partition coefficient (Wildman–Crippen LogP) is 3.05. The molecule has 1 fully saturated rings. The molecule has 1 aliphatic rings. The molecular weight excluding hydrogens is 264 g/mol. The average Bonchev–Trinajstić information content (AvgIpc) is 2.38. The molecule has 0 spiro atoms. The maximum Gasteiger partial charge on any atom is 0.410 e. The molecule has 1 aromatic rings. The summed E-state index contributed by atoms with van der Waals surface area (Å²) < 4.78 is 5.42. The van der Waals surface area contributed by atoms with Crippen LogP contribution >= 0.6 is 0 Å². The Morgan fingerprint density at radius 1 is 1.33 bits per heavy atom. The number of hydrogen-bond donors (Lipinski definition) is 1. The highest BCUT2D eigenvalue weighted by molar-refractivity contribution is 5.68. The molecule has 0 unspecified atom stereocenters. The minimum absolute atomic E-state index is 0.0487. The molecule has 1 amide bonds. The number of ether oxygens (including phenoxy) is 1. The van der Waals surface area contributed by atoms with Gasteiger partial charge in [-0.1, -0.05) is 24.3 Å². The van der Waals surface area contributed by atoms with Gasteiger partial charge in [0.1, 0.15) is 5.60 Å². The molecule has 2 rings (SSSR count). The Morgan fingerprint density at radius 3 is 2.57 bits per heavy atom. The molecule has 4 nitrogen and oxygen atoms in total. The molecule has 2 atom stereocenters. The lowest BCUT2D eigenvalue weighted by Gasteiger charge is -2.38. The van der Waals surface area contributed by atoms with Crippen LogP contribution in [0.25, 0.3) is 0 Å². The Hall–Kier alpha value is -1.55. The second kappa shape index (κ2) is 6.06. The Labute approximate surface area is 127 Å². The summed E-state index contributed by atoms with van der Waals surface area (Å²) in [6, 6.07) is 8.30. The number of nitrogens with zero attached hydrogens (tertiary/aromatic N) is 1. The van der Waals surface area contributed by atoms with E-state index in [0.717, 1.165) is 6.42 Å². The van der Waals surface area contributed by atoms with Crippen LogP contribution < -0.4 is 5.73 Å². The molecule has 1 saturated heterocycles. The van der Waals surface area contributed by atoms with Crippen LogP contribution in [0.15, 0.2) is 24.3 Å². The fourth-order valence-corrected chi connectivity index (χ4v) is 2.86. The quantitative estimate of drug-likeness (QED) is 0.865. The summed E-state index contributed by atoms with van der Waals surface area (Å²) in [7, 11) is 0. The van der Waals surface area contributed by atoms with Crippen molar-refractivity contribution in [2.75, 3.05) is 13.1 Å². The Bertz CT molecular complexity index is 508. The van der Waals surface area contributed by atoms with E-state index in [9.17, 15) is 4.79 Å². The fourth-order valence-electron chi connectivity index (χ4n) is 2.86. The summed E-state index contributed by atoms with van der Waals surface area (Å²) in [6.07, 6.45) is 0.617. The molecule has 21 heavy (non-hydrogen) atoms. The topological polar surface area (TPSA) is 55.6 Å². The monoisotopic (exact) mass is 290 g/mol. The van der Waals surface area contributed by atoms with E-state index >= 15 is 0 Å². The first kappa shape index (κ1) is 15.8. The van der Waals surface area contributed by atoms with Crippen molar-refractivity contribution in [1.29, 1.82) is 0 Å². The third kappa shape index (κ3) is 3.97. The van der Waals surface area contributed by atoms with Crippen LogP contribution in [0, 0.1) is 6.92 Å². The molecular formula is C17H26N2O2. The number of rotatable bonds is 1. The van der Waals surface area contributed by atoms with E-state index in [2.05, 4.69) is 25.1 Å². The first-order valence-corrected chi connectivity index (χ1v) is 7.57. The maximum atomic E-state index is 12.1. The molecule has 0 radical (unpaired) electrons. The van der Waals surface area contributed by atoms with Crippen LogP contribution in [0.2, 0.25) is 0 Å². The molecule has 116 valence electrons. The second-order valence-electron chi connectivity index (χ2n) is 6.84. The minimum Gasteiger partial charge on any atom is -0.444 e. The number of piperidine rings is 1. The molecule has 1 aromatic carbocycles. The Balaban J connectivity index is 2.03. The number of benzene rings is 1. The van der Waals surface area contributed by atoms with E-state index in [-0.39, 0.29) is 12.1 Å². The summed E-state index contributed by atoms with van der Waals surface area (Å²) in [5.74, 6) is 0.310. The number of carbonyl (C=O) groups is 1. The van der Waals surface area contributed by atoms with E-state index in [0.29, 0.717) is 19.0 Å². The SMILES string of the molecule is Cc1ccccc1[C@H]1CCN(C(=O)OC(C)(C)C)C[C@H]1N. The van der Waals surface area contributed by atoms with Crippen molar-refractivity contribution >= 4 is 6.09 Å². The number of hydrogen-bond acceptors (Lipinski definition) is 3. The van der Waals surface area contributed by atoms with Gasteiger partial charge >= 0.3 is 6.09 Å². The zero-order chi connectivity index (χ0) is 15.6. The smallest absolute Gasteiger partial charge is 0.410 e. The largest absolute Gasteiger partial charge is 0.444 e. The van der Waals surface area contributed by atoms with Crippen LogP contribution in [0.3, 0.4) is 0 Å². The molecule has 1 heterocycles. The summed E-state index contributed by atoms with van der Waals surface area (Å²) in [4.78, 5) is 13.8. The van der Waals surface area contributed by atoms with Crippen LogP contribution in [-0.4, -0.2) is 35.7 Å². The number of aryl methyl sites for hydroxylation is 1. The van der Waals surface area contributed by atoms with Crippen LogP contribution in [0.5, 0.6) is 0 Å².